The van der Waals surface area contributed by atoms with Crippen molar-refractivity contribution in [3.8, 4) is 23.1 Å². The second kappa shape index (κ2) is 15.0. The van der Waals surface area contributed by atoms with Crippen LogP contribution in [-0.2, 0) is 15.7 Å². The molecular weight excluding hydrogens is 614 g/mol. The lowest BCUT2D eigenvalue weighted by Crippen LogP contribution is -2.38. The lowest BCUT2D eigenvalue weighted by molar-refractivity contribution is -0.139. The van der Waals surface area contributed by atoms with Gasteiger partial charge in [-0.1, -0.05) is 0 Å². The number of urea groups is 1. The van der Waals surface area contributed by atoms with E-state index in [9.17, 15) is 22.4 Å². The zero-order chi connectivity index (χ0) is 32.5. The number of amides is 2. The molecule has 2 N–H and O–H groups in total. The Balaban J connectivity index is 1.26. The van der Waals surface area contributed by atoms with Crippen LogP contribution in [0.3, 0.4) is 0 Å². The lowest BCUT2D eigenvalue weighted by atomic mass is 10.2. The molecule has 3 aromatic carbocycles. The summed E-state index contributed by atoms with van der Waals surface area (Å²) in [7, 11) is 1.59. The Hall–Kier alpha value is -4.73. The molecule has 2 heterocycles. The SMILES string of the molecule is COCCOc1cc2ncnc(Oc3ccc(NC(=O)Nc4ccc(F)c(C(F)(F)F)c4)cc3)c2cc1OCCN1CCOCC1. The van der Waals surface area contributed by atoms with Gasteiger partial charge >= 0.3 is 12.2 Å². The molecular formula is C31H31F4N5O6. The minimum atomic E-state index is -4.90. The third-order valence-electron chi connectivity index (χ3n) is 6.83. The molecule has 1 aliphatic heterocycles. The fourth-order valence-electron chi connectivity index (χ4n) is 4.52. The summed E-state index contributed by atoms with van der Waals surface area (Å²) in [6.07, 6.45) is -3.55. The van der Waals surface area contributed by atoms with Gasteiger partial charge in [0.25, 0.3) is 0 Å². The molecule has 1 aromatic heterocycles. The monoisotopic (exact) mass is 645 g/mol. The number of rotatable bonds is 12. The molecule has 2 amide bonds. The smallest absolute Gasteiger partial charge is 0.419 e. The maximum Gasteiger partial charge on any atom is 0.419 e. The topological polar surface area (TPSA) is 116 Å². The first kappa shape index (κ1) is 32.7. The number of methoxy groups -OCH3 is 1. The first-order chi connectivity index (χ1) is 22.2. The van der Waals surface area contributed by atoms with Gasteiger partial charge in [0.15, 0.2) is 11.5 Å². The molecule has 0 aliphatic carbocycles. The van der Waals surface area contributed by atoms with Gasteiger partial charge in [-0.15, -0.1) is 0 Å². The van der Waals surface area contributed by atoms with Crippen LogP contribution in [0.4, 0.5) is 33.7 Å². The van der Waals surface area contributed by atoms with Gasteiger partial charge in [-0.3, -0.25) is 4.90 Å². The van der Waals surface area contributed by atoms with Crippen molar-refractivity contribution in [1.82, 2.24) is 14.9 Å². The quantitative estimate of drug-likeness (QED) is 0.142. The molecule has 1 fully saturated rings. The number of morpholine rings is 1. The van der Waals surface area contributed by atoms with Crippen molar-refractivity contribution in [2.24, 2.45) is 0 Å². The van der Waals surface area contributed by atoms with Crippen molar-refractivity contribution >= 4 is 28.3 Å². The predicted molar refractivity (Wildman–Crippen MR) is 160 cm³/mol. The van der Waals surface area contributed by atoms with Crippen LogP contribution in [0.2, 0.25) is 0 Å². The van der Waals surface area contributed by atoms with Gasteiger partial charge in [0, 0.05) is 44.2 Å². The molecule has 5 rings (SSSR count). The third kappa shape index (κ3) is 8.71. The zero-order valence-electron chi connectivity index (χ0n) is 24.7. The van der Waals surface area contributed by atoms with Crippen LogP contribution < -0.4 is 24.8 Å². The van der Waals surface area contributed by atoms with Crippen molar-refractivity contribution in [3.05, 3.63) is 72.3 Å². The number of carbonyl (C=O) groups excluding carboxylic acids is 1. The minimum absolute atomic E-state index is 0.224. The molecule has 1 saturated heterocycles. The molecule has 15 heteroatoms. The Morgan fingerprint density at radius 2 is 1.61 bits per heavy atom. The van der Waals surface area contributed by atoms with E-state index < -0.39 is 23.6 Å². The van der Waals surface area contributed by atoms with Gasteiger partial charge < -0.3 is 34.3 Å². The second-order valence-electron chi connectivity index (χ2n) is 10.0. The Labute approximate surface area is 261 Å². The van der Waals surface area contributed by atoms with Crippen LogP contribution in [0, 0.1) is 5.82 Å². The number of fused-ring (bicyclic) bond motifs is 1. The summed E-state index contributed by atoms with van der Waals surface area (Å²) in [5.74, 6) is 0.191. The first-order valence-electron chi connectivity index (χ1n) is 14.3. The number of alkyl halides is 3. The number of hydrogen-bond donors (Lipinski definition) is 2. The van der Waals surface area contributed by atoms with Crippen LogP contribution >= 0.6 is 0 Å². The fourth-order valence-corrected chi connectivity index (χ4v) is 4.52. The number of nitrogens with zero attached hydrogens (tertiary/aromatic N) is 3. The van der Waals surface area contributed by atoms with Gasteiger partial charge in [-0.05, 0) is 48.5 Å². The normalized spacial score (nSPS) is 13.8. The molecule has 0 saturated carbocycles. The molecule has 1 aliphatic rings. The summed E-state index contributed by atoms with van der Waals surface area (Å²) in [5, 5.41) is 5.34. The Bertz CT molecular complexity index is 1630. The number of anilines is 2. The van der Waals surface area contributed by atoms with Crippen molar-refractivity contribution in [1.29, 1.82) is 0 Å². The van der Waals surface area contributed by atoms with E-state index in [4.69, 9.17) is 23.7 Å². The number of halogens is 4. The average molecular weight is 646 g/mol. The van der Waals surface area contributed by atoms with E-state index in [2.05, 4.69) is 25.5 Å². The van der Waals surface area contributed by atoms with Crippen molar-refractivity contribution in [2.75, 3.05) is 70.4 Å². The third-order valence-corrected chi connectivity index (χ3v) is 6.83. The van der Waals surface area contributed by atoms with Crippen LogP contribution in [-0.4, -0.2) is 80.7 Å². The van der Waals surface area contributed by atoms with E-state index >= 15 is 0 Å². The van der Waals surface area contributed by atoms with Crippen LogP contribution in [0.5, 0.6) is 23.1 Å². The van der Waals surface area contributed by atoms with Crippen molar-refractivity contribution < 1.29 is 46.0 Å². The van der Waals surface area contributed by atoms with Crippen LogP contribution in [0.15, 0.2) is 60.9 Å². The van der Waals surface area contributed by atoms with Gasteiger partial charge in [-0.2, -0.15) is 13.2 Å². The minimum Gasteiger partial charge on any atom is -0.488 e. The largest absolute Gasteiger partial charge is 0.488 e. The highest BCUT2D eigenvalue weighted by molar-refractivity contribution is 5.99. The lowest BCUT2D eigenvalue weighted by Gasteiger charge is -2.26. The van der Waals surface area contributed by atoms with E-state index in [1.54, 1.807) is 31.4 Å². The Morgan fingerprint density at radius 1 is 0.913 bits per heavy atom. The summed E-state index contributed by atoms with van der Waals surface area (Å²) < 4.78 is 81.1. The molecule has 244 valence electrons. The number of aromatic nitrogens is 2. The zero-order valence-corrected chi connectivity index (χ0v) is 24.7. The van der Waals surface area contributed by atoms with Crippen LogP contribution in [0.1, 0.15) is 5.56 Å². The molecule has 11 nitrogen and oxygen atoms in total. The van der Waals surface area contributed by atoms with E-state index in [1.165, 1.54) is 18.5 Å². The molecule has 4 aromatic rings. The van der Waals surface area contributed by atoms with E-state index in [1.807, 2.05) is 0 Å². The summed E-state index contributed by atoms with van der Waals surface area (Å²) in [5.41, 5.74) is -0.823. The highest BCUT2D eigenvalue weighted by atomic mass is 19.4. The standard InChI is InChI=1S/C31H31F4N5O6/c1-42-14-15-45-28-18-26-23(17-27(28)44-13-10-40-8-11-43-12-9-40)29(37-19-36-26)46-22-5-2-20(3-6-22)38-30(41)39-21-4-7-25(32)24(16-21)31(33,34)35/h2-7,16-19H,8-15H2,1H3,(H2,38,39,41). The molecule has 0 radical (unpaired) electrons. The number of hydrogen-bond acceptors (Lipinski definition) is 9. The summed E-state index contributed by atoms with van der Waals surface area (Å²) >= 11 is 0. The summed E-state index contributed by atoms with van der Waals surface area (Å²) in [4.78, 5) is 23.3. The van der Waals surface area contributed by atoms with E-state index in [0.717, 1.165) is 19.2 Å². The molecule has 0 atom stereocenters. The number of nitrogens with one attached hydrogen (secondary N) is 2. The van der Waals surface area contributed by atoms with Gasteiger partial charge in [-0.25, -0.2) is 19.2 Å². The highest BCUT2D eigenvalue weighted by Crippen LogP contribution is 2.37. The molecule has 46 heavy (non-hydrogen) atoms. The predicted octanol–water partition coefficient (Wildman–Crippen LogP) is 5.96. The van der Waals surface area contributed by atoms with E-state index in [-0.39, 0.29) is 11.6 Å². The Morgan fingerprint density at radius 3 is 2.35 bits per heavy atom. The summed E-state index contributed by atoms with van der Waals surface area (Å²) in [6, 6.07) is 11.1. The van der Waals surface area contributed by atoms with Crippen molar-refractivity contribution in [2.45, 2.75) is 6.18 Å². The molecule has 0 bridgehead atoms. The maximum absolute atomic E-state index is 13.5. The number of carbonyl (C=O) groups is 1. The van der Waals surface area contributed by atoms with Crippen molar-refractivity contribution in [3.63, 3.8) is 0 Å². The average Bonchev–Trinajstić information content (AvgIpc) is 3.03. The summed E-state index contributed by atoms with van der Waals surface area (Å²) in [6.45, 7) is 4.87. The first-order valence-corrected chi connectivity index (χ1v) is 14.3. The highest BCUT2D eigenvalue weighted by Gasteiger charge is 2.34. The Kier molecular flexibility index (Phi) is 10.7. The van der Waals surface area contributed by atoms with E-state index in [0.29, 0.717) is 85.6 Å². The molecule has 0 spiro atoms. The molecule has 0 unspecified atom stereocenters. The fraction of sp³-hybridized carbons (Fsp3) is 0.323. The van der Waals surface area contributed by atoms with Gasteiger partial charge in [0.2, 0.25) is 5.88 Å². The van der Waals surface area contributed by atoms with Crippen LogP contribution in [0.25, 0.3) is 10.9 Å². The maximum atomic E-state index is 13.5. The number of ether oxygens (including phenoxy) is 5. The number of benzene rings is 3. The van der Waals surface area contributed by atoms with Gasteiger partial charge in [0.05, 0.1) is 36.3 Å². The second-order valence-corrected chi connectivity index (χ2v) is 10.0. The van der Waals surface area contributed by atoms with Gasteiger partial charge in [0.1, 0.15) is 31.1 Å².